The summed E-state index contributed by atoms with van der Waals surface area (Å²) in [5.74, 6) is 0.0713. The van der Waals surface area contributed by atoms with E-state index in [0.29, 0.717) is 19.6 Å². The zero-order valence-corrected chi connectivity index (χ0v) is 15.7. The van der Waals surface area contributed by atoms with Gasteiger partial charge < -0.3 is 19.4 Å². The first kappa shape index (κ1) is 17.3. The van der Waals surface area contributed by atoms with E-state index < -0.39 is 0 Å². The number of methoxy groups -OCH3 is 1. The smallest absolute Gasteiger partial charge is 0.233 e. The molecule has 0 unspecified atom stereocenters. The average Bonchev–Trinajstić information content (AvgIpc) is 3.31. The summed E-state index contributed by atoms with van der Waals surface area (Å²) in [6, 6.07) is 6.12. The SMILES string of the molecule is CO[C@@H]1CCO[C@H](CN2C(=O)Cc3ncc(-c4cnc5[nH]ccc5c4)cc32)C1. The van der Waals surface area contributed by atoms with Crippen molar-refractivity contribution < 1.29 is 14.3 Å². The van der Waals surface area contributed by atoms with E-state index in [1.54, 1.807) is 7.11 Å². The van der Waals surface area contributed by atoms with Crippen LogP contribution in [0, 0.1) is 0 Å². The van der Waals surface area contributed by atoms with Crippen LogP contribution >= 0.6 is 0 Å². The van der Waals surface area contributed by atoms with Gasteiger partial charge in [0, 0.05) is 55.2 Å². The summed E-state index contributed by atoms with van der Waals surface area (Å²) in [6.45, 7) is 1.20. The van der Waals surface area contributed by atoms with Gasteiger partial charge in [0.2, 0.25) is 5.91 Å². The molecule has 2 atom stereocenters. The van der Waals surface area contributed by atoms with E-state index in [2.05, 4.69) is 21.0 Å². The molecule has 7 nitrogen and oxygen atoms in total. The lowest BCUT2D eigenvalue weighted by Crippen LogP contribution is -2.41. The molecule has 2 aliphatic heterocycles. The zero-order chi connectivity index (χ0) is 19.1. The highest BCUT2D eigenvalue weighted by molar-refractivity contribution is 6.01. The molecule has 28 heavy (non-hydrogen) atoms. The van der Waals surface area contributed by atoms with Gasteiger partial charge in [0.05, 0.1) is 36.6 Å². The van der Waals surface area contributed by atoms with Crippen molar-refractivity contribution in [1.29, 1.82) is 0 Å². The molecule has 2 aliphatic rings. The molecule has 3 aromatic heterocycles. The molecular weight excluding hydrogens is 356 g/mol. The molecule has 1 amide bonds. The molecular formula is C21H22N4O3. The number of carbonyl (C=O) groups excluding carboxylic acids is 1. The fourth-order valence-corrected chi connectivity index (χ4v) is 4.07. The number of fused-ring (bicyclic) bond motifs is 2. The zero-order valence-electron chi connectivity index (χ0n) is 15.7. The Labute approximate surface area is 162 Å². The van der Waals surface area contributed by atoms with E-state index in [1.165, 1.54) is 0 Å². The molecule has 144 valence electrons. The van der Waals surface area contributed by atoms with E-state index in [-0.39, 0.29) is 18.1 Å². The number of carbonyl (C=O) groups is 1. The van der Waals surface area contributed by atoms with E-state index >= 15 is 0 Å². The number of H-pyrrole nitrogens is 1. The van der Waals surface area contributed by atoms with Crippen molar-refractivity contribution >= 4 is 22.6 Å². The largest absolute Gasteiger partial charge is 0.381 e. The molecule has 0 spiro atoms. The van der Waals surface area contributed by atoms with Crippen molar-refractivity contribution in [1.82, 2.24) is 15.0 Å². The lowest BCUT2D eigenvalue weighted by Gasteiger charge is -2.31. The number of anilines is 1. The van der Waals surface area contributed by atoms with Gasteiger partial charge in [-0.3, -0.25) is 9.78 Å². The minimum atomic E-state index is -0.0184. The molecule has 0 saturated carbocycles. The Hall–Kier alpha value is -2.77. The van der Waals surface area contributed by atoms with Gasteiger partial charge in [-0.1, -0.05) is 0 Å². The lowest BCUT2D eigenvalue weighted by atomic mass is 10.0. The molecule has 1 fully saturated rings. The predicted molar refractivity (Wildman–Crippen MR) is 105 cm³/mol. The Morgan fingerprint density at radius 2 is 2.14 bits per heavy atom. The van der Waals surface area contributed by atoms with Gasteiger partial charge in [-0.05, 0) is 24.6 Å². The summed E-state index contributed by atoms with van der Waals surface area (Å²) in [7, 11) is 1.73. The quantitative estimate of drug-likeness (QED) is 0.755. The highest BCUT2D eigenvalue weighted by Gasteiger charge is 2.33. The number of aromatic amines is 1. The van der Waals surface area contributed by atoms with Crippen molar-refractivity contribution in [2.45, 2.75) is 31.5 Å². The van der Waals surface area contributed by atoms with Crippen LogP contribution in [0.3, 0.4) is 0 Å². The van der Waals surface area contributed by atoms with Crippen LogP contribution in [-0.2, 0) is 20.7 Å². The number of rotatable bonds is 4. The van der Waals surface area contributed by atoms with Crippen molar-refractivity contribution in [2.24, 2.45) is 0 Å². The molecule has 0 aromatic carbocycles. The Morgan fingerprint density at radius 1 is 1.29 bits per heavy atom. The fraction of sp³-hybridized carbons (Fsp3) is 0.381. The maximum Gasteiger partial charge on any atom is 0.233 e. The lowest BCUT2D eigenvalue weighted by molar-refractivity contribution is -0.118. The molecule has 0 radical (unpaired) electrons. The number of hydrogen-bond acceptors (Lipinski definition) is 5. The first-order valence-electron chi connectivity index (χ1n) is 9.58. The van der Waals surface area contributed by atoms with Crippen LogP contribution < -0.4 is 4.90 Å². The van der Waals surface area contributed by atoms with Gasteiger partial charge in [-0.15, -0.1) is 0 Å². The van der Waals surface area contributed by atoms with Crippen molar-refractivity contribution in [3.8, 4) is 11.1 Å². The third-order valence-corrected chi connectivity index (χ3v) is 5.63. The molecule has 3 aromatic rings. The van der Waals surface area contributed by atoms with Gasteiger partial charge in [0.15, 0.2) is 0 Å². The summed E-state index contributed by atoms with van der Waals surface area (Å²) < 4.78 is 11.4. The Kier molecular flexibility index (Phi) is 4.33. The van der Waals surface area contributed by atoms with E-state index in [4.69, 9.17) is 9.47 Å². The van der Waals surface area contributed by atoms with Gasteiger partial charge in [-0.2, -0.15) is 0 Å². The number of hydrogen-bond donors (Lipinski definition) is 1. The second kappa shape index (κ2) is 7.00. The van der Waals surface area contributed by atoms with Crippen molar-refractivity contribution in [3.63, 3.8) is 0 Å². The van der Waals surface area contributed by atoms with Gasteiger partial charge >= 0.3 is 0 Å². The molecule has 5 rings (SSSR count). The standard InChI is InChI=1S/C21H22N4O3/c1-27-16-3-5-28-17(8-16)12-25-19-7-15(10-23-18(19)9-20(25)26)14-6-13-2-4-22-21(13)24-11-14/h2,4,6-7,10-11,16-17H,3,5,8-9,12H2,1H3,(H,22,24)/t16-,17+/m1/s1. The maximum atomic E-state index is 12.6. The van der Waals surface area contributed by atoms with Crippen molar-refractivity contribution in [2.75, 3.05) is 25.2 Å². The number of ether oxygens (including phenoxy) is 2. The highest BCUT2D eigenvalue weighted by Crippen LogP contribution is 2.33. The van der Waals surface area contributed by atoms with Crippen molar-refractivity contribution in [3.05, 3.63) is 42.5 Å². The molecule has 0 aliphatic carbocycles. The third kappa shape index (κ3) is 3.06. The Bertz CT molecular complexity index is 1030. The van der Waals surface area contributed by atoms with E-state index in [1.807, 2.05) is 35.6 Å². The predicted octanol–water partition coefficient (Wildman–Crippen LogP) is 2.71. The molecule has 7 heteroatoms. The highest BCUT2D eigenvalue weighted by atomic mass is 16.5. The topological polar surface area (TPSA) is 80.3 Å². The maximum absolute atomic E-state index is 12.6. The molecule has 1 N–H and O–H groups in total. The summed E-state index contributed by atoms with van der Waals surface area (Å²) in [5, 5.41) is 1.05. The summed E-state index contributed by atoms with van der Waals surface area (Å²) in [4.78, 5) is 26.6. The first-order valence-corrected chi connectivity index (χ1v) is 9.58. The van der Waals surface area contributed by atoms with Crippen LogP contribution in [0.2, 0.25) is 0 Å². The summed E-state index contributed by atoms with van der Waals surface area (Å²) in [6.07, 6.45) is 7.75. The minimum Gasteiger partial charge on any atom is -0.381 e. The van der Waals surface area contributed by atoms with Crippen LogP contribution in [0.4, 0.5) is 5.69 Å². The van der Waals surface area contributed by atoms with Gasteiger partial charge in [-0.25, -0.2) is 4.98 Å². The van der Waals surface area contributed by atoms with Crippen LogP contribution in [0.15, 0.2) is 36.8 Å². The van der Waals surface area contributed by atoms with Gasteiger partial charge in [0.25, 0.3) is 0 Å². The van der Waals surface area contributed by atoms with Crippen LogP contribution in [0.1, 0.15) is 18.5 Å². The van der Waals surface area contributed by atoms with Crippen LogP contribution in [-0.4, -0.2) is 53.3 Å². The van der Waals surface area contributed by atoms with E-state index in [0.717, 1.165) is 46.4 Å². The fourth-order valence-electron chi connectivity index (χ4n) is 4.07. The third-order valence-electron chi connectivity index (χ3n) is 5.63. The Morgan fingerprint density at radius 3 is 3.04 bits per heavy atom. The molecule has 0 bridgehead atoms. The summed E-state index contributed by atoms with van der Waals surface area (Å²) >= 11 is 0. The number of nitrogens with zero attached hydrogens (tertiary/aromatic N) is 3. The van der Waals surface area contributed by atoms with E-state index in [9.17, 15) is 4.79 Å². The Balaban J connectivity index is 1.43. The normalized spacial score (nSPS) is 22.0. The number of pyridine rings is 2. The number of aromatic nitrogens is 3. The van der Waals surface area contributed by atoms with Crippen LogP contribution in [0.5, 0.6) is 0 Å². The monoisotopic (exact) mass is 378 g/mol. The molecule has 1 saturated heterocycles. The second-order valence-corrected chi connectivity index (χ2v) is 7.39. The van der Waals surface area contributed by atoms with Crippen LogP contribution in [0.25, 0.3) is 22.2 Å². The van der Waals surface area contributed by atoms with Gasteiger partial charge in [0.1, 0.15) is 5.65 Å². The first-order chi connectivity index (χ1) is 13.7. The minimum absolute atomic E-state index is 0.0184. The summed E-state index contributed by atoms with van der Waals surface area (Å²) in [5.41, 5.74) is 4.49. The second-order valence-electron chi connectivity index (χ2n) is 7.39. The molecule has 5 heterocycles. The average molecular weight is 378 g/mol. The number of nitrogens with one attached hydrogen (secondary N) is 1. The number of amides is 1.